The fourth-order valence-corrected chi connectivity index (χ4v) is 3.52. The number of hydrogen-bond acceptors (Lipinski definition) is 4. The monoisotopic (exact) mass is 366 g/mol. The lowest BCUT2D eigenvalue weighted by atomic mass is 10.1. The molecular formula is C20H18N2O3S. The summed E-state index contributed by atoms with van der Waals surface area (Å²) in [7, 11) is 0. The Morgan fingerprint density at radius 3 is 2.38 bits per heavy atom. The highest BCUT2D eigenvalue weighted by atomic mass is 32.1. The molecule has 5 nitrogen and oxygen atoms in total. The topological polar surface area (TPSA) is 81.4 Å². The number of nitrogens with one attached hydrogen (secondary N) is 1. The summed E-state index contributed by atoms with van der Waals surface area (Å²) in [6.45, 7) is 2.46. The summed E-state index contributed by atoms with van der Waals surface area (Å²) in [6.07, 6.45) is 0. The van der Waals surface area contributed by atoms with Gasteiger partial charge < -0.3 is 15.8 Å². The predicted molar refractivity (Wildman–Crippen MR) is 104 cm³/mol. The normalized spacial score (nSPS) is 10.3. The molecule has 0 aliphatic rings. The van der Waals surface area contributed by atoms with Crippen LogP contribution in [0.5, 0.6) is 5.75 Å². The summed E-state index contributed by atoms with van der Waals surface area (Å²) in [5.74, 6) is -0.188. The zero-order valence-corrected chi connectivity index (χ0v) is 15.0. The first kappa shape index (κ1) is 17.7. The van der Waals surface area contributed by atoms with Gasteiger partial charge in [0.25, 0.3) is 11.8 Å². The molecule has 0 atom stereocenters. The highest BCUT2D eigenvalue weighted by Crippen LogP contribution is 2.35. The van der Waals surface area contributed by atoms with Crippen LogP contribution >= 0.6 is 11.3 Å². The minimum absolute atomic E-state index is 0.299. The van der Waals surface area contributed by atoms with Crippen molar-refractivity contribution in [2.45, 2.75) is 6.92 Å². The molecule has 1 heterocycles. The van der Waals surface area contributed by atoms with E-state index in [-0.39, 0.29) is 5.91 Å². The number of carbonyl (C=O) groups is 2. The number of anilines is 1. The lowest BCUT2D eigenvalue weighted by Crippen LogP contribution is -2.16. The van der Waals surface area contributed by atoms with Crippen molar-refractivity contribution >= 4 is 28.2 Å². The number of hydrogen-bond donors (Lipinski definition) is 2. The average molecular weight is 366 g/mol. The smallest absolute Gasteiger partial charge is 0.256 e. The number of amides is 2. The standard InChI is InChI=1S/C20H18N2O3S/c1-2-25-15-10-8-14(9-11-15)19(24)22-20-16(18(21)23)12-17(26-20)13-6-4-3-5-7-13/h3-12H,2H2,1H3,(H2,21,23)(H,22,24). The maximum absolute atomic E-state index is 12.5. The van der Waals surface area contributed by atoms with E-state index in [1.54, 1.807) is 30.3 Å². The minimum atomic E-state index is -0.578. The van der Waals surface area contributed by atoms with Gasteiger partial charge in [0.1, 0.15) is 10.8 Å². The molecule has 132 valence electrons. The molecule has 0 saturated heterocycles. The van der Waals surface area contributed by atoms with Crippen molar-refractivity contribution in [1.29, 1.82) is 0 Å². The van der Waals surface area contributed by atoms with Crippen LogP contribution in [0.3, 0.4) is 0 Å². The number of carbonyl (C=O) groups excluding carboxylic acids is 2. The molecule has 0 radical (unpaired) electrons. The molecule has 2 amide bonds. The summed E-state index contributed by atoms with van der Waals surface area (Å²) in [5.41, 5.74) is 7.20. The molecule has 0 saturated carbocycles. The highest BCUT2D eigenvalue weighted by molar-refractivity contribution is 7.20. The zero-order chi connectivity index (χ0) is 18.5. The summed E-state index contributed by atoms with van der Waals surface area (Å²) < 4.78 is 5.37. The van der Waals surface area contributed by atoms with E-state index < -0.39 is 5.91 Å². The molecule has 0 spiro atoms. The van der Waals surface area contributed by atoms with Crippen molar-refractivity contribution in [1.82, 2.24) is 0 Å². The second kappa shape index (κ2) is 7.84. The van der Waals surface area contributed by atoms with E-state index >= 15 is 0 Å². The summed E-state index contributed by atoms with van der Waals surface area (Å²) in [4.78, 5) is 25.1. The van der Waals surface area contributed by atoms with Crippen LogP contribution in [-0.2, 0) is 0 Å². The quantitative estimate of drug-likeness (QED) is 0.687. The van der Waals surface area contributed by atoms with Gasteiger partial charge in [0.2, 0.25) is 0 Å². The van der Waals surface area contributed by atoms with Gasteiger partial charge >= 0.3 is 0 Å². The molecule has 3 N–H and O–H groups in total. The summed E-state index contributed by atoms with van der Waals surface area (Å²) in [5, 5.41) is 3.23. The van der Waals surface area contributed by atoms with Crippen LogP contribution in [0, 0.1) is 0 Å². The van der Waals surface area contributed by atoms with Gasteiger partial charge in [-0.2, -0.15) is 0 Å². The zero-order valence-electron chi connectivity index (χ0n) is 14.2. The molecule has 26 heavy (non-hydrogen) atoms. The van der Waals surface area contributed by atoms with E-state index in [0.717, 1.165) is 10.4 Å². The number of rotatable bonds is 6. The van der Waals surface area contributed by atoms with Gasteiger partial charge in [-0.3, -0.25) is 9.59 Å². The Labute approximate surface area is 155 Å². The second-order valence-corrected chi connectivity index (χ2v) is 6.55. The molecule has 2 aromatic carbocycles. The Balaban J connectivity index is 1.85. The lowest BCUT2D eigenvalue weighted by Gasteiger charge is -2.06. The van der Waals surface area contributed by atoms with Crippen LogP contribution in [0.4, 0.5) is 5.00 Å². The van der Waals surface area contributed by atoms with Crippen molar-refractivity contribution in [3.63, 3.8) is 0 Å². The second-order valence-electron chi connectivity index (χ2n) is 5.50. The third-order valence-electron chi connectivity index (χ3n) is 3.71. The fraction of sp³-hybridized carbons (Fsp3) is 0.100. The van der Waals surface area contributed by atoms with E-state index in [4.69, 9.17) is 10.5 Å². The van der Waals surface area contributed by atoms with Crippen LogP contribution in [0.25, 0.3) is 10.4 Å². The van der Waals surface area contributed by atoms with E-state index in [2.05, 4.69) is 5.32 Å². The van der Waals surface area contributed by atoms with Crippen molar-refractivity contribution in [3.05, 3.63) is 71.8 Å². The van der Waals surface area contributed by atoms with Gasteiger partial charge in [-0.05, 0) is 42.8 Å². The Morgan fingerprint density at radius 1 is 1.08 bits per heavy atom. The molecule has 0 aliphatic heterocycles. The van der Waals surface area contributed by atoms with E-state index in [1.165, 1.54) is 11.3 Å². The summed E-state index contributed by atoms with van der Waals surface area (Å²) >= 11 is 1.32. The number of ether oxygens (including phenoxy) is 1. The van der Waals surface area contributed by atoms with E-state index in [1.807, 2.05) is 37.3 Å². The van der Waals surface area contributed by atoms with Gasteiger partial charge in [0.15, 0.2) is 0 Å². The van der Waals surface area contributed by atoms with Gasteiger partial charge in [0, 0.05) is 10.4 Å². The van der Waals surface area contributed by atoms with Crippen LogP contribution in [0.1, 0.15) is 27.6 Å². The highest BCUT2D eigenvalue weighted by Gasteiger charge is 2.17. The molecular weight excluding hydrogens is 348 g/mol. The first-order chi connectivity index (χ1) is 12.6. The fourth-order valence-electron chi connectivity index (χ4n) is 2.46. The lowest BCUT2D eigenvalue weighted by molar-refractivity contribution is 0.100. The molecule has 6 heteroatoms. The van der Waals surface area contributed by atoms with Gasteiger partial charge in [0.05, 0.1) is 12.2 Å². The molecule has 1 aromatic heterocycles. The SMILES string of the molecule is CCOc1ccc(C(=O)Nc2sc(-c3ccccc3)cc2C(N)=O)cc1. The van der Waals surface area contributed by atoms with Crippen LogP contribution in [0.15, 0.2) is 60.7 Å². The number of thiophene rings is 1. The number of primary amides is 1. The third-order valence-corrected chi connectivity index (χ3v) is 4.81. The Hall–Kier alpha value is -3.12. The molecule has 3 aromatic rings. The van der Waals surface area contributed by atoms with Crippen LogP contribution in [0.2, 0.25) is 0 Å². The Morgan fingerprint density at radius 2 is 1.77 bits per heavy atom. The Kier molecular flexibility index (Phi) is 5.34. The molecule has 0 unspecified atom stereocenters. The van der Waals surface area contributed by atoms with Gasteiger partial charge in [-0.1, -0.05) is 30.3 Å². The molecule has 0 fully saturated rings. The first-order valence-corrected chi connectivity index (χ1v) is 8.93. The van der Waals surface area contributed by atoms with Crippen molar-refractivity contribution < 1.29 is 14.3 Å². The van der Waals surface area contributed by atoms with Crippen molar-refractivity contribution in [3.8, 4) is 16.2 Å². The average Bonchev–Trinajstić information content (AvgIpc) is 3.07. The number of benzene rings is 2. The molecule has 3 rings (SSSR count). The van der Waals surface area contributed by atoms with Gasteiger partial charge in [-0.15, -0.1) is 11.3 Å². The first-order valence-electron chi connectivity index (χ1n) is 8.11. The van der Waals surface area contributed by atoms with E-state index in [9.17, 15) is 9.59 Å². The van der Waals surface area contributed by atoms with Crippen molar-refractivity contribution in [2.75, 3.05) is 11.9 Å². The largest absolute Gasteiger partial charge is 0.494 e. The molecule has 0 aliphatic carbocycles. The number of nitrogens with two attached hydrogens (primary N) is 1. The minimum Gasteiger partial charge on any atom is -0.494 e. The maximum atomic E-state index is 12.5. The van der Waals surface area contributed by atoms with Crippen LogP contribution in [-0.4, -0.2) is 18.4 Å². The van der Waals surface area contributed by atoms with E-state index in [0.29, 0.717) is 28.5 Å². The summed E-state index contributed by atoms with van der Waals surface area (Å²) in [6, 6.07) is 18.1. The molecule has 0 bridgehead atoms. The maximum Gasteiger partial charge on any atom is 0.256 e. The van der Waals surface area contributed by atoms with Crippen molar-refractivity contribution in [2.24, 2.45) is 5.73 Å². The third kappa shape index (κ3) is 3.92. The predicted octanol–water partition coefficient (Wildman–Crippen LogP) is 4.17. The van der Waals surface area contributed by atoms with Gasteiger partial charge in [-0.25, -0.2) is 0 Å². The van der Waals surface area contributed by atoms with Crippen LogP contribution < -0.4 is 15.8 Å². The Bertz CT molecular complexity index is 918.